The van der Waals surface area contributed by atoms with Crippen LogP contribution in [0.2, 0.25) is 0 Å². The molecule has 2 heterocycles. The Morgan fingerprint density at radius 3 is 2.62 bits per heavy atom. The van der Waals surface area contributed by atoms with Gasteiger partial charge < -0.3 is 14.9 Å². The molecule has 3 rings (SSSR count). The lowest BCUT2D eigenvalue weighted by Crippen LogP contribution is -2.49. The molecule has 1 aliphatic carbocycles. The zero-order chi connectivity index (χ0) is 9.43. The lowest BCUT2D eigenvalue weighted by Gasteiger charge is -2.24. The van der Waals surface area contributed by atoms with Crippen molar-refractivity contribution in [1.82, 2.24) is 0 Å². The van der Waals surface area contributed by atoms with Gasteiger partial charge in [-0.15, -0.1) is 0 Å². The highest BCUT2D eigenvalue weighted by Gasteiger charge is 2.95. The van der Waals surface area contributed by atoms with Gasteiger partial charge in [0.05, 0.1) is 6.10 Å². The van der Waals surface area contributed by atoms with Crippen molar-refractivity contribution in [3.05, 3.63) is 11.4 Å². The number of nitrogens with zero attached hydrogens (tertiary/aromatic N) is 1. The first kappa shape index (κ1) is 7.71. The molecule has 0 bridgehead atoms. The van der Waals surface area contributed by atoms with E-state index in [4.69, 9.17) is 16.0 Å². The fourth-order valence-corrected chi connectivity index (χ4v) is 2.33. The van der Waals surface area contributed by atoms with Crippen LogP contribution in [0.1, 0.15) is 6.92 Å². The van der Waals surface area contributed by atoms with Crippen molar-refractivity contribution in [1.29, 1.82) is 0 Å². The predicted molar refractivity (Wildman–Crippen MR) is 39.5 cm³/mol. The molecule has 0 unspecified atom stereocenters. The predicted octanol–water partition coefficient (Wildman–Crippen LogP) is -1.11. The molecular formula is C8H9NO4. The van der Waals surface area contributed by atoms with Gasteiger partial charge in [-0.1, -0.05) is 0 Å². The second kappa shape index (κ2) is 1.74. The summed E-state index contributed by atoms with van der Waals surface area (Å²) < 4.78 is 10.3. The van der Waals surface area contributed by atoms with E-state index in [1.165, 1.54) is 6.92 Å². The van der Waals surface area contributed by atoms with E-state index in [9.17, 15) is 10.2 Å². The van der Waals surface area contributed by atoms with Crippen LogP contribution in [0.25, 0.3) is 4.85 Å². The summed E-state index contributed by atoms with van der Waals surface area (Å²) in [6, 6.07) is 0. The maximum atomic E-state index is 10.0. The Labute approximate surface area is 74.7 Å². The molecule has 70 valence electrons. The van der Waals surface area contributed by atoms with E-state index in [1.807, 2.05) is 0 Å². The van der Waals surface area contributed by atoms with Gasteiger partial charge >= 0.3 is 5.72 Å². The van der Waals surface area contributed by atoms with Gasteiger partial charge in [0.1, 0.15) is 6.10 Å². The largest absolute Gasteiger partial charge is 0.396 e. The van der Waals surface area contributed by atoms with Crippen LogP contribution in [0.3, 0.4) is 0 Å². The molecule has 2 saturated heterocycles. The molecule has 3 fully saturated rings. The van der Waals surface area contributed by atoms with Crippen molar-refractivity contribution < 1.29 is 19.7 Å². The summed E-state index contributed by atoms with van der Waals surface area (Å²) in [5, 5.41) is 19.4. The van der Waals surface area contributed by atoms with Crippen molar-refractivity contribution >= 4 is 0 Å². The first-order valence-electron chi connectivity index (χ1n) is 4.19. The van der Waals surface area contributed by atoms with E-state index in [0.29, 0.717) is 0 Å². The Hall–Kier alpha value is -0.670. The minimum atomic E-state index is -1.38. The molecule has 6 atom stereocenters. The molecule has 0 radical (unpaired) electrons. The van der Waals surface area contributed by atoms with E-state index >= 15 is 0 Å². The summed E-state index contributed by atoms with van der Waals surface area (Å²) in [7, 11) is 0. The highest BCUT2D eigenvalue weighted by molar-refractivity contribution is 5.38. The third-order valence-corrected chi connectivity index (χ3v) is 3.24. The van der Waals surface area contributed by atoms with Crippen LogP contribution in [0.15, 0.2) is 0 Å². The van der Waals surface area contributed by atoms with Crippen LogP contribution < -0.4 is 0 Å². The van der Waals surface area contributed by atoms with Crippen LogP contribution in [0.4, 0.5) is 0 Å². The molecule has 3 aliphatic rings. The average molecular weight is 183 g/mol. The Morgan fingerprint density at radius 1 is 1.54 bits per heavy atom. The quantitative estimate of drug-likeness (QED) is 0.399. The third-order valence-electron chi connectivity index (χ3n) is 3.24. The minimum absolute atomic E-state index is 0.338. The molecule has 0 aromatic heterocycles. The summed E-state index contributed by atoms with van der Waals surface area (Å²) in [6.07, 6.45) is -2.25. The summed E-state index contributed by atoms with van der Waals surface area (Å²) in [4.78, 5) is 3.33. The molecule has 0 aromatic carbocycles. The van der Waals surface area contributed by atoms with Crippen LogP contribution in [0.5, 0.6) is 0 Å². The number of aliphatic hydroxyl groups is 2. The fourth-order valence-electron chi connectivity index (χ4n) is 2.33. The van der Waals surface area contributed by atoms with Crippen LogP contribution >= 0.6 is 0 Å². The SMILES string of the molecule is [C-]#[N+][C@@]12O[C@@H]1[C@](O)([C@@H](C)O)[C@H]1O[C@H]12. The first-order chi connectivity index (χ1) is 6.07. The zero-order valence-electron chi connectivity index (χ0n) is 6.97. The number of epoxide rings is 2. The van der Waals surface area contributed by atoms with Gasteiger partial charge in [0.25, 0.3) is 0 Å². The molecule has 5 heteroatoms. The lowest BCUT2D eigenvalue weighted by atomic mass is 9.94. The summed E-state index contributed by atoms with van der Waals surface area (Å²) >= 11 is 0. The van der Waals surface area contributed by atoms with Crippen LogP contribution in [-0.2, 0) is 9.47 Å². The van der Waals surface area contributed by atoms with Crippen molar-refractivity contribution in [2.75, 3.05) is 0 Å². The van der Waals surface area contributed by atoms with Crippen molar-refractivity contribution in [3.8, 4) is 0 Å². The second-order valence-electron chi connectivity index (χ2n) is 3.90. The topological polar surface area (TPSA) is 69.9 Å². The van der Waals surface area contributed by atoms with Gasteiger partial charge in [-0.3, -0.25) is 9.58 Å². The number of rotatable bonds is 1. The molecule has 13 heavy (non-hydrogen) atoms. The fraction of sp³-hybridized carbons (Fsp3) is 0.875. The molecular weight excluding hydrogens is 174 g/mol. The van der Waals surface area contributed by atoms with Gasteiger partial charge in [0.2, 0.25) is 6.10 Å². The highest BCUT2D eigenvalue weighted by Crippen LogP contribution is 2.66. The molecule has 0 amide bonds. The van der Waals surface area contributed by atoms with Crippen molar-refractivity contribution in [3.63, 3.8) is 0 Å². The molecule has 2 aliphatic heterocycles. The number of ether oxygens (including phenoxy) is 2. The standard InChI is InChI=1S/C8H9NO4/c1-3(10)7(11)4-5(12-4)8(9-2)6(7)13-8/h3-6,10-11H,1H3/t3-,4+,5-,6-,7+,8+/m1/s1. The number of aliphatic hydroxyl groups excluding tert-OH is 1. The van der Waals surface area contributed by atoms with Gasteiger partial charge in [-0.05, 0) is 6.92 Å². The zero-order valence-corrected chi connectivity index (χ0v) is 6.97. The Morgan fingerprint density at radius 2 is 2.23 bits per heavy atom. The smallest absolute Gasteiger partial charge is 0.390 e. The Bertz CT molecular complexity index is 325. The number of hydrogen-bond donors (Lipinski definition) is 2. The van der Waals surface area contributed by atoms with Crippen molar-refractivity contribution in [2.45, 2.75) is 42.7 Å². The maximum Gasteiger partial charge on any atom is 0.396 e. The van der Waals surface area contributed by atoms with Crippen molar-refractivity contribution in [2.24, 2.45) is 0 Å². The summed E-state index contributed by atoms with van der Waals surface area (Å²) in [5.74, 6) is 0. The maximum absolute atomic E-state index is 10.0. The molecule has 2 N–H and O–H groups in total. The molecule has 0 aromatic rings. The minimum Gasteiger partial charge on any atom is -0.390 e. The van der Waals surface area contributed by atoms with Crippen LogP contribution in [-0.4, -0.2) is 46.0 Å². The Kier molecular flexibility index (Phi) is 1.03. The van der Waals surface area contributed by atoms with Gasteiger partial charge in [-0.25, -0.2) is 6.57 Å². The number of fused-ring (bicyclic) bond motifs is 3. The molecule has 5 nitrogen and oxygen atoms in total. The van der Waals surface area contributed by atoms with Gasteiger partial charge in [0.15, 0.2) is 11.7 Å². The normalized spacial score (nSPS) is 63.4. The van der Waals surface area contributed by atoms with E-state index in [2.05, 4.69) is 4.85 Å². The van der Waals surface area contributed by atoms with Gasteiger partial charge in [0, 0.05) is 0 Å². The van der Waals surface area contributed by atoms with E-state index in [1.54, 1.807) is 0 Å². The average Bonchev–Trinajstić information content (AvgIpc) is 2.95. The molecule has 1 saturated carbocycles. The second-order valence-corrected chi connectivity index (χ2v) is 3.90. The van der Waals surface area contributed by atoms with Crippen LogP contribution in [0, 0.1) is 6.57 Å². The van der Waals surface area contributed by atoms with Gasteiger partial charge in [-0.2, -0.15) is 0 Å². The lowest BCUT2D eigenvalue weighted by molar-refractivity contribution is -0.0980. The highest BCUT2D eigenvalue weighted by atomic mass is 16.7. The number of hydrogen-bond acceptors (Lipinski definition) is 4. The van der Waals surface area contributed by atoms with E-state index < -0.39 is 29.6 Å². The monoisotopic (exact) mass is 183 g/mol. The summed E-state index contributed by atoms with van der Waals surface area (Å²) in [6.45, 7) is 8.43. The third kappa shape index (κ3) is 0.577. The Balaban J connectivity index is 2.01. The molecule has 0 spiro atoms. The first-order valence-corrected chi connectivity index (χ1v) is 4.19. The van der Waals surface area contributed by atoms with E-state index in [-0.39, 0.29) is 6.10 Å². The van der Waals surface area contributed by atoms with E-state index in [0.717, 1.165) is 0 Å². The summed E-state index contributed by atoms with van der Waals surface area (Å²) in [5.41, 5.74) is -2.37.